The molecule has 0 unspecified atom stereocenters. The van der Waals surface area contributed by atoms with Crippen molar-refractivity contribution in [1.29, 1.82) is 0 Å². The number of carboxylic acids is 1. The fourth-order valence-electron chi connectivity index (χ4n) is 1.37. The van der Waals surface area contributed by atoms with Gasteiger partial charge in [0.25, 0.3) is 0 Å². The molecule has 0 amide bonds. The molecule has 2 heterocycles. The van der Waals surface area contributed by atoms with Gasteiger partial charge in [0.1, 0.15) is 17.4 Å². The second kappa shape index (κ2) is 5.65. The summed E-state index contributed by atoms with van der Waals surface area (Å²) < 4.78 is 11.8. The number of nitrogens with zero attached hydrogens (tertiary/aromatic N) is 2. The normalized spacial score (nSPS) is 10.5. The lowest BCUT2D eigenvalue weighted by Gasteiger charge is -2.03. The molecule has 0 atom stereocenters. The van der Waals surface area contributed by atoms with E-state index in [1.165, 1.54) is 0 Å². The predicted molar refractivity (Wildman–Crippen MR) is 65.8 cm³/mol. The zero-order valence-electron chi connectivity index (χ0n) is 9.70. The van der Waals surface area contributed by atoms with Crippen molar-refractivity contribution in [2.45, 2.75) is 0 Å². The molecule has 2 aromatic rings. The van der Waals surface area contributed by atoms with E-state index < -0.39 is 5.97 Å². The van der Waals surface area contributed by atoms with Crippen LogP contribution in [-0.2, 0) is 4.74 Å². The Bertz CT molecular complexity index is 521. The third-order valence-electron chi connectivity index (χ3n) is 2.15. The van der Waals surface area contributed by atoms with Gasteiger partial charge in [-0.05, 0) is 6.07 Å². The molecule has 96 valence electrons. The summed E-state index contributed by atoms with van der Waals surface area (Å²) in [5, 5.41) is 13.9. The first kappa shape index (κ1) is 12.6. The monoisotopic (exact) mass is 268 g/mol. The van der Waals surface area contributed by atoms with E-state index in [1.807, 2.05) is 0 Å². The molecule has 0 aliphatic rings. The maximum atomic E-state index is 11.1. The van der Waals surface area contributed by atoms with Crippen molar-refractivity contribution >= 4 is 17.3 Å². The highest BCUT2D eigenvalue weighted by molar-refractivity contribution is 7.16. The van der Waals surface area contributed by atoms with E-state index in [2.05, 4.69) is 5.10 Å². The van der Waals surface area contributed by atoms with Crippen LogP contribution < -0.4 is 4.74 Å². The fourth-order valence-corrected chi connectivity index (χ4v) is 2.25. The van der Waals surface area contributed by atoms with Gasteiger partial charge >= 0.3 is 5.97 Å². The van der Waals surface area contributed by atoms with Crippen LogP contribution in [0.15, 0.2) is 24.5 Å². The second-order valence-corrected chi connectivity index (χ2v) is 4.41. The van der Waals surface area contributed by atoms with E-state index in [-0.39, 0.29) is 4.88 Å². The van der Waals surface area contributed by atoms with Crippen molar-refractivity contribution in [3.63, 3.8) is 0 Å². The zero-order chi connectivity index (χ0) is 13.0. The number of ether oxygens (including phenoxy) is 2. The van der Waals surface area contributed by atoms with Gasteiger partial charge in [0, 0.05) is 25.6 Å². The van der Waals surface area contributed by atoms with Gasteiger partial charge in [-0.3, -0.25) is 0 Å². The summed E-state index contributed by atoms with van der Waals surface area (Å²) in [7, 11) is 1.56. The summed E-state index contributed by atoms with van der Waals surface area (Å²) in [6.45, 7) is 0.720. The number of rotatable bonds is 6. The Morgan fingerprint density at radius 1 is 1.56 bits per heavy atom. The van der Waals surface area contributed by atoms with Crippen molar-refractivity contribution < 1.29 is 19.4 Å². The molecule has 0 aliphatic heterocycles. The van der Waals surface area contributed by atoms with Gasteiger partial charge in [-0.1, -0.05) is 0 Å². The number of carboxylic acid groups (broad SMARTS) is 1. The molecular weight excluding hydrogens is 256 g/mol. The minimum atomic E-state index is -1.01. The number of hydrogen-bond donors (Lipinski definition) is 1. The van der Waals surface area contributed by atoms with E-state index in [0.29, 0.717) is 24.0 Å². The van der Waals surface area contributed by atoms with Gasteiger partial charge in [-0.2, -0.15) is 5.10 Å². The van der Waals surface area contributed by atoms with Crippen LogP contribution >= 0.6 is 11.3 Å². The molecule has 0 saturated heterocycles. The van der Waals surface area contributed by atoms with Crippen LogP contribution in [0.1, 0.15) is 9.67 Å². The second-order valence-electron chi connectivity index (χ2n) is 3.38. The molecule has 0 bridgehead atoms. The highest BCUT2D eigenvalue weighted by Gasteiger charge is 2.17. The predicted octanol–water partition coefficient (Wildman–Crippen LogP) is 1.66. The fraction of sp³-hybridized carbons (Fsp3) is 0.273. The van der Waals surface area contributed by atoms with E-state index in [0.717, 1.165) is 11.3 Å². The van der Waals surface area contributed by atoms with Crippen molar-refractivity contribution in [3.05, 3.63) is 29.4 Å². The molecule has 7 heteroatoms. The molecular formula is C11H12N2O4S. The van der Waals surface area contributed by atoms with Gasteiger partial charge in [0.05, 0.1) is 6.61 Å². The molecule has 18 heavy (non-hydrogen) atoms. The summed E-state index contributed by atoms with van der Waals surface area (Å²) in [5.41, 5.74) is 0. The van der Waals surface area contributed by atoms with E-state index in [4.69, 9.17) is 14.6 Å². The molecule has 2 rings (SSSR count). The van der Waals surface area contributed by atoms with Crippen molar-refractivity contribution in [3.8, 4) is 10.8 Å². The van der Waals surface area contributed by atoms with E-state index in [9.17, 15) is 4.79 Å². The minimum Gasteiger partial charge on any atom is -0.489 e. The molecule has 0 saturated carbocycles. The first-order valence-electron chi connectivity index (χ1n) is 5.21. The Balaban J connectivity index is 2.24. The molecule has 1 N–H and O–H groups in total. The Kier molecular flexibility index (Phi) is 3.96. The average molecular weight is 268 g/mol. The number of thiophene rings is 1. The highest BCUT2D eigenvalue weighted by Crippen LogP contribution is 2.31. The Labute approximate surface area is 107 Å². The third-order valence-corrected chi connectivity index (χ3v) is 3.25. The van der Waals surface area contributed by atoms with Crippen molar-refractivity contribution in [2.75, 3.05) is 20.3 Å². The Hall–Kier alpha value is -1.86. The number of methoxy groups -OCH3 is 1. The first-order chi connectivity index (χ1) is 8.72. The van der Waals surface area contributed by atoms with Crippen LogP contribution in [0.5, 0.6) is 5.75 Å². The standard InChI is InChI=1S/C11H12N2O4S/c1-16-5-6-17-8-7-9(13-4-2-3-12-13)18-10(8)11(14)15/h2-4,7H,5-6H2,1H3,(H,14,15). The maximum absolute atomic E-state index is 11.1. The molecule has 0 fully saturated rings. The number of carbonyl (C=O) groups is 1. The highest BCUT2D eigenvalue weighted by atomic mass is 32.1. The maximum Gasteiger partial charge on any atom is 0.349 e. The lowest BCUT2D eigenvalue weighted by Crippen LogP contribution is -2.06. The van der Waals surface area contributed by atoms with Crippen LogP contribution in [-0.4, -0.2) is 41.2 Å². The largest absolute Gasteiger partial charge is 0.489 e. The third kappa shape index (κ3) is 2.69. The topological polar surface area (TPSA) is 73.6 Å². The Morgan fingerprint density at radius 2 is 2.39 bits per heavy atom. The molecule has 0 aliphatic carbocycles. The van der Waals surface area contributed by atoms with E-state index >= 15 is 0 Å². The SMILES string of the molecule is COCCOc1cc(-n2cccn2)sc1C(=O)O. The average Bonchev–Trinajstić information content (AvgIpc) is 2.97. The summed E-state index contributed by atoms with van der Waals surface area (Å²) in [6.07, 6.45) is 3.38. The number of aromatic carboxylic acids is 1. The summed E-state index contributed by atoms with van der Waals surface area (Å²) >= 11 is 1.12. The van der Waals surface area contributed by atoms with Crippen molar-refractivity contribution in [2.24, 2.45) is 0 Å². The first-order valence-corrected chi connectivity index (χ1v) is 6.03. The number of aromatic nitrogens is 2. The zero-order valence-corrected chi connectivity index (χ0v) is 10.5. The summed E-state index contributed by atoms with van der Waals surface area (Å²) in [5.74, 6) is -0.666. The van der Waals surface area contributed by atoms with Gasteiger partial charge in [-0.15, -0.1) is 11.3 Å². The lowest BCUT2D eigenvalue weighted by molar-refractivity contribution is 0.0695. The smallest absolute Gasteiger partial charge is 0.349 e. The van der Waals surface area contributed by atoms with Crippen molar-refractivity contribution in [1.82, 2.24) is 9.78 Å². The summed E-state index contributed by atoms with van der Waals surface area (Å²) in [6, 6.07) is 3.43. The molecule has 2 aromatic heterocycles. The van der Waals surface area contributed by atoms with Crippen LogP contribution in [0.25, 0.3) is 5.00 Å². The lowest BCUT2D eigenvalue weighted by atomic mass is 10.4. The van der Waals surface area contributed by atoms with Crippen LogP contribution in [0.3, 0.4) is 0 Å². The van der Waals surface area contributed by atoms with Gasteiger partial charge in [-0.25, -0.2) is 9.48 Å². The molecule has 0 spiro atoms. The van der Waals surface area contributed by atoms with Crippen LogP contribution in [0, 0.1) is 0 Å². The molecule has 0 aromatic carbocycles. The Morgan fingerprint density at radius 3 is 3.00 bits per heavy atom. The van der Waals surface area contributed by atoms with E-state index in [1.54, 1.807) is 36.3 Å². The van der Waals surface area contributed by atoms with Gasteiger partial charge in [0.2, 0.25) is 0 Å². The molecule has 6 nitrogen and oxygen atoms in total. The van der Waals surface area contributed by atoms with Gasteiger partial charge in [0.15, 0.2) is 4.88 Å². The van der Waals surface area contributed by atoms with Crippen LogP contribution in [0.4, 0.5) is 0 Å². The molecule has 0 radical (unpaired) electrons. The summed E-state index contributed by atoms with van der Waals surface area (Å²) in [4.78, 5) is 11.3. The quantitative estimate of drug-likeness (QED) is 0.806. The minimum absolute atomic E-state index is 0.164. The number of hydrogen-bond acceptors (Lipinski definition) is 5. The van der Waals surface area contributed by atoms with Crippen LogP contribution in [0.2, 0.25) is 0 Å². The van der Waals surface area contributed by atoms with Gasteiger partial charge < -0.3 is 14.6 Å².